The molecule has 0 amide bonds. The first kappa shape index (κ1) is 30.0. The van der Waals surface area contributed by atoms with E-state index in [0.29, 0.717) is 0 Å². The summed E-state index contributed by atoms with van der Waals surface area (Å²) in [5.74, 6) is 0. The average molecular weight is 663 g/mol. The van der Waals surface area contributed by atoms with Crippen LogP contribution in [0.5, 0.6) is 0 Å². The van der Waals surface area contributed by atoms with Gasteiger partial charge in [0.2, 0.25) is 0 Å². The summed E-state index contributed by atoms with van der Waals surface area (Å²) in [5, 5.41) is 11.3. The van der Waals surface area contributed by atoms with Crippen LogP contribution >= 0.6 is 0 Å². The first-order chi connectivity index (χ1) is 25.8. The van der Waals surface area contributed by atoms with E-state index in [-0.39, 0.29) is 0 Å². The van der Waals surface area contributed by atoms with E-state index >= 15 is 0 Å². The molecule has 244 valence electrons. The van der Waals surface area contributed by atoms with Crippen molar-refractivity contribution in [2.45, 2.75) is 0 Å². The Bertz CT molecular complexity index is 2860. The van der Waals surface area contributed by atoms with E-state index in [2.05, 4.69) is 210 Å². The number of benzene rings is 9. The summed E-state index contributed by atoms with van der Waals surface area (Å²) < 4.78 is 2.42. The number of aromatic nitrogens is 1. The van der Waals surface area contributed by atoms with Gasteiger partial charge in [0.25, 0.3) is 0 Å². The molecule has 52 heavy (non-hydrogen) atoms. The third-order valence-electron chi connectivity index (χ3n) is 10.4. The van der Waals surface area contributed by atoms with Gasteiger partial charge in [-0.1, -0.05) is 170 Å². The summed E-state index contributed by atoms with van der Waals surface area (Å²) >= 11 is 0. The Morgan fingerprint density at radius 2 is 0.865 bits per heavy atom. The van der Waals surface area contributed by atoms with Gasteiger partial charge in [-0.15, -0.1) is 0 Å². The second kappa shape index (κ2) is 12.5. The molecule has 0 aliphatic rings. The fourth-order valence-electron chi connectivity index (χ4n) is 8.10. The normalized spacial score (nSPS) is 11.5. The lowest BCUT2D eigenvalue weighted by Gasteiger charge is -2.21. The summed E-state index contributed by atoms with van der Waals surface area (Å²) in [6.07, 6.45) is 0. The van der Waals surface area contributed by atoms with Crippen LogP contribution in [-0.2, 0) is 0 Å². The molecule has 0 unspecified atom stereocenters. The Labute approximate surface area is 302 Å². The fraction of sp³-hybridized carbons (Fsp3) is 0. The molecule has 0 bridgehead atoms. The number of nitrogens with one attached hydrogen (secondary N) is 1. The minimum atomic E-state index is 1.06. The molecule has 0 spiro atoms. The van der Waals surface area contributed by atoms with Crippen molar-refractivity contribution in [1.82, 2.24) is 4.57 Å². The molecular weight excluding hydrogens is 629 g/mol. The van der Waals surface area contributed by atoms with Crippen molar-refractivity contribution in [1.29, 1.82) is 0 Å². The predicted molar refractivity (Wildman–Crippen MR) is 222 cm³/mol. The van der Waals surface area contributed by atoms with Crippen LogP contribution in [0.15, 0.2) is 200 Å². The quantitative estimate of drug-likeness (QED) is 0.175. The van der Waals surface area contributed by atoms with Gasteiger partial charge in [-0.3, -0.25) is 0 Å². The summed E-state index contributed by atoms with van der Waals surface area (Å²) in [5.41, 5.74) is 12.9. The summed E-state index contributed by atoms with van der Waals surface area (Å²) in [4.78, 5) is 0. The minimum Gasteiger partial charge on any atom is -0.354 e. The number of hydrogen-bond donors (Lipinski definition) is 1. The van der Waals surface area contributed by atoms with Crippen molar-refractivity contribution in [3.63, 3.8) is 0 Å². The van der Waals surface area contributed by atoms with E-state index in [4.69, 9.17) is 0 Å². The zero-order valence-corrected chi connectivity index (χ0v) is 28.5. The monoisotopic (exact) mass is 662 g/mol. The molecule has 0 aliphatic heterocycles. The molecule has 10 aromatic rings. The van der Waals surface area contributed by atoms with Crippen LogP contribution in [0.3, 0.4) is 0 Å². The van der Waals surface area contributed by atoms with Gasteiger partial charge in [0.1, 0.15) is 0 Å². The molecule has 0 aliphatic carbocycles. The largest absolute Gasteiger partial charge is 0.354 e. The lowest BCUT2D eigenvalue weighted by atomic mass is 9.89. The molecular formula is C50H34N2. The Balaban J connectivity index is 1.19. The highest BCUT2D eigenvalue weighted by Gasteiger charge is 2.20. The number of para-hydroxylation sites is 4. The van der Waals surface area contributed by atoms with Gasteiger partial charge in [0.15, 0.2) is 0 Å². The van der Waals surface area contributed by atoms with Crippen molar-refractivity contribution < 1.29 is 0 Å². The van der Waals surface area contributed by atoms with Gasteiger partial charge < -0.3 is 9.88 Å². The van der Waals surface area contributed by atoms with Crippen LogP contribution in [0, 0.1) is 0 Å². The topological polar surface area (TPSA) is 17.0 Å². The van der Waals surface area contributed by atoms with E-state index in [1.807, 2.05) is 0 Å². The Kier molecular flexibility index (Phi) is 7.18. The maximum Gasteiger partial charge on any atom is 0.0620 e. The average Bonchev–Trinajstić information content (AvgIpc) is 3.56. The van der Waals surface area contributed by atoms with Gasteiger partial charge in [-0.05, 0) is 63.4 Å². The maximum atomic E-state index is 4.02. The second-order valence-electron chi connectivity index (χ2n) is 13.3. The second-order valence-corrected chi connectivity index (χ2v) is 13.3. The highest BCUT2D eigenvalue weighted by molar-refractivity contribution is 6.22. The highest BCUT2D eigenvalue weighted by Crippen LogP contribution is 2.46. The van der Waals surface area contributed by atoms with Gasteiger partial charge in [0.05, 0.1) is 16.7 Å². The smallest absolute Gasteiger partial charge is 0.0620 e. The molecule has 0 atom stereocenters. The SMILES string of the molecule is c1ccc(-c2cccc(-c3c4ccccc4c(Nc4ccccc4-c4cccc5c6ccccc6n(-c6ccccc6)c45)c4ccccc34)c2)cc1. The summed E-state index contributed by atoms with van der Waals surface area (Å²) in [6, 6.07) is 72.1. The van der Waals surface area contributed by atoms with Crippen molar-refractivity contribution >= 4 is 54.7 Å². The molecule has 0 fully saturated rings. The molecule has 1 heterocycles. The molecule has 2 heteroatoms. The number of rotatable bonds is 6. The van der Waals surface area contributed by atoms with Crippen LogP contribution in [0.4, 0.5) is 11.4 Å². The van der Waals surface area contributed by atoms with Gasteiger partial charge in [-0.25, -0.2) is 0 Å². The lowest BCUT2D eigenvalue weighted by molar-refractivity contribution is 1.18. The highest BCUT2D eigenvalue weighted by atomic mass is 15.0. The predicted octanol–water partition coefficient (Wildman–Crippen LogP) is 13.8. The molecule has 0 saturated heterocycles. The van der Waals surface area contributed by atoms with E-state index in [1.165, 1.54) is 71.2 Å². The summed E-state index contributed by atoms with van der Waals surface area (Å²) in [6.45, 7) is 0. The lowest BCUT2D eigenvalue weighted by Crippen LogP contribution is -1.99. The zero-order valence-electron chi connectivity index (χ0n) is 28.5. The molecule has 10 rings (SSSR count). The number of anilines is 2. The van der Waals surface area contributed by atoms with Crippen molar-refractivity contribution in [2.75, 3.05) is 5.32 Å². The van der Waals surface area contributed by atoms with E-state index < -0.39 is 0 Å². The third kappa shape index (κ3) is 4.88. The minimum absolute atomic E-state index is 1.06. The molecule has 0 saturated carbocycles. The summed E-state index contributed by atoms with van der Waals surface area (Å²) in [7, 11) is 0. The Morgan fingerprint density at radius 1 is 0.346 bits per heavy atom. The van der Waals surface area contributed by atoms with Crippen LogP contribution in [-0.4, -0.2) is 4.57 Å². The molecule has 0 radical (unpaired) electrons. The maximum absolute atomic E-state index is 4.02. The van der Waals surface area contributed by atoms with Gasteiger partial charge >= 0.3 is 0 Å². The van der Waals surface area contributed by atoms with Crippen molar-refractivity contribution in [3.05, 3.63) is 200 Å². The number of nitrogens with zero attached hydrogens (tertiary/aromatic N) is 1. The first-order valence-corrected chi connectivity index (χ1v) is 17.9. The Hall–Kier alpha value is -6.90. The van der Waals surface area contributed by atoms with Crippen molar-refractivity contribution in [3.8, 4) is 39.1 Å². The van der Waals surface area contributed by atoms with Crippen LogP contribution in [0.25, 0.3) is 82.4 Å². The fourth-order valence-corrected chi connectivity index (χ4v) is 8.10. The third-order valence-corrected chi connectivity index (χ3v) is 10.4. The van der Waals surface area contributed by atoms with Gasteiger partial charge in [-0.2, -0.15) is 0 Å². The van der Waals surface area contributed by atoms with Crippen LogP contribution in [0.2, 0.25) is 0 Å². The van der Waals surface area contributed by atoms with Crippen LogP contribution in [0.1, 0.15) is 0 Å². The van der Waals surface area contributed by atoms with Crippen LogP contribution < -0.4 is 5.32 Å². The molecule has 2 nitrogen and oxygen atoms in total. The Morgan fingerprint density at radius 3 is 1.62 bits per heavy atom. The van der Waals surface area contributed by atoms with E-state index in [9.17, 15) is 0 Å². The van der Waals surface area contributed by atoms with E-state index in [0.717, 1.165) is 22.6 Å². The number of hydrogen-bond acceptors (Lipinski definition) is 1. The zero-order chi connectivity index (χ0) is 34.4. The standard InChI is InChI=1S/C50H34N2/c1-3-17-34(18-4-1)35-19-15-20-36(33-35)48-40-25-7-9-27-42(40)49(43-28-10-8-26-41(43)48)51-46-31-13-11-23-38(46)44-29-16-30-45-39-24-12-14-32-47(39)52(50(44)45)37-21-5-2-6-22-37/h1-33,51H. The molecule has 1 N–H and O–H groups in total. The van der Waals surface area contributed by atoms with Crippen molar-refractivity contribution in [2.24, 2.45) is 0 Å². The molecule has 1 aromatic heterocycles. The number of fused-ring (bicyclic) bond motifs is 5. The first-order valence-electron chi connectivity index (χ1n) is 17.9. The van der Waals surface area contributed by atoms with E-state index in [1.54, 1.807) is 0 Å². The van der Waals surface area contributed by atoms with Gasteiger partial charge in [0, 0.05) is 44.0 Å². The molecule has 9 aromatic carbocycles.